The fraction of sp³-hybridized carbons (Fsp3) is 0.222. The third-order valence-electron chi connectivity index (χ3n) is 8.25. The molecular formula is C36H34Cl2O2Zr. The summed E-state index contributed by atoms with van der Waals surface area (Å²) in [7, 11) is 3.45. The van der Waals surface area contributed by atoms with Crippen LogP contribution in [0.5, 0.6) is 11.5 Å². The molecule has 4 aromatic carbocycles. The van der Waals surface area contributed by atoms with Crippen LogP contribution in [0.2, 0.25) is 0 Å². The molecule has 2 aliphatic rings. The zero-order valence-corrected chi connectivity index (χ0v) is 27.8. The maximum atomic E-state index is 5.40. The summed E-state index contributed by atoms with van der Waals surface area (Å²) < 4.78 is 12.0. The molecule has 2 aliphatic carbocycles. The molecule has 41 heavy (non-hydrogen) atoms. The first kappa shape index (κ1) is 31.4. The van der Waals surface area contributed by atoms with E-state index in [4.69, 9.17) is 9.47 Å². The van der Waals surface area contributed by atoms with Gasteiger partial charge in [-0.05, 0) is 0 Å². The van der Waals surface area contributed by atoms with Crippen LogP contribution < -0.4 is 34.3 Å². The third-order valence-corrected chi connectivity index (χ3v) is 13.2. The normalized spacial score (nSPS) is 16.3. The van der Waals surface area contributed by atoms with Gasteiger partial charge in [-0.2, -0.15) is 0 Å². The molecule has 0 heterocycles. The Hall–Kier alpha value is -2.58. The van der Waals surface area contributed by atoms with Crippen molar-refractivity contribution in [2.24, 2.45) is 0 Å². The van der Waals surface area contributed by atoms with E-state index in [1.165, 1.54) is 33.4 Å². The Labute approximate surface area is 268 Å². The number of benzene rings is 4. The molecule has 0 spiro atoms. The third kappa shape index (κ3) is 5.87. The van der Waals surface area contributed by atoms with Crippen LogP contribution in [0.1, 0.15) is 56.2 Å². The van der Waals surface area contributed by atoms with E-state index in [9.17, 15) is 0 Å². The zero-order chi connectivity index (χ0) is 26.9. The Kier molecular flexibility index (Phi) is 10.4. The minimum absolute atomic E-state index is 0. The second-order valence-corrected chi connectivity index (χ2v) is 13.9. The van der Waals surface area contributed by atoms with Gasteiger partial charge in [-0.25, -0.2) is 0 Å². The second-order valence-electron chi connectivity index (χ2n) is 10.3. The van der Waals surface area contributed by atoms with Crippen molar-refractivity contribution in [2.45, 2.75) is 33.9 Å². The zero-order valence-electron chi connectivity index (χ0n) is 23.9. The van der Waals surface area contributed by atoms with Gasteiger partial charge in [-0.15, -0.1) is 0 Å². The first-order valence-corrected chi connectivity index (χ1v) is 16.7. The number of methoxy groups -OCH3 is 2. The molecule has 2 unspecified atom stereocenters. The number of halogens is 2. The van der Waals surface area contributed by atoms with Gasteiger partial charge < -0.3 is 24.8 Å². The summed E-state index contributed by atoms with van der Waals surface area (Å²) in [6, 6.07) is 30.9. The van der Waals surface area contributed by atoms with Crippen molar-refractivity contribution in [1.29, 1.82) is 0 Å². The summed E-state index contributed by atoms with van der Waals surface area (Å²) in [6.45, 7) is 4.66. The van der Waals surface area contributed by atoms with Gasteiger partial charge in [-0.1, -0.05) is 0 Å². The fourth-order valence-electron chi connectivity index (χ4n) is 6.15. The van der Waals surface area contributed by atoms with E-state index in [1.54, 1.807) is 36.5 Å². The first-order chi connectivity index (χ1) is 19.1. The van der Waals surface area contributed by atoms with Gasteiger partial charge in [0.05, 0.1) is 0 Å². The number of hydrogen-bond acceptors (Lipinski definition) is 2. The van der Waals surface area contributed by atoms with Crippen molar-refractivity contribution < 1.29 is 57.5 Å². The van der Waals surface area contributed by atoms with E-state index in [2.05, 4.69) is 111 Å². The topological polar surface area (TPSA) is 18.5 Å². The Morgan fingerprint density at radius 3 is 1.29 bits per heavy atom. The van der Waals surface area contributed by atoms with Gasteiger partial charge in [0.1, 0.15) is 0 Å². The predicted octanol–water partition coefficient (Wildman–Crippen LogP) is 3.52. The van der Waals surface area contributed by atoms with Crippen molar-refractivity contribution in [1.82, 2.24) is 0 Å². The molecule has 0 radical (unpaired) electrons. The summed E-state index contributed by atoms with van der Waals surface area (Å²) in [5, 5.41) is 0. The summed E-state index contributed by atoms with van der Waals surface area (Å²) >= 11 is -0.932. The van der Waals surface area contributed by atoms with Gasteiger partial charge in [0.15, 0.2) is 0 Å². The van der Waals surface area contributed by atoms with Crippen LogP contribution >= 0.6 is 0 Å². The van der Waals surface area contributed by atoms with Crippen molar-refractivity contribution in [3.8, 4) is 33.8 Å². The van der Waals surface area contributed by atoms with Gasteiger partial charge in [-0.3, -0.25) is 0 Å². The predicted molar refractivity (Wildman–Crippen MR) is 159 cm³/mol. The van der Waals surface area contributed by atoms with Crippen molar-refractivity contribution in [3.63, 3.8) is 0 Å². The Bertz CT molecular complexity index is 1450. The molecule has 0 saturated heterocycles. The fourth-order valence-corrected chi connectivity index (χ4v) is 11.6. The van der Waals surface area contributed by atoms with E-state index in [0.717, 1.165) is 24.3 Å². The van der Waals surface area contributed by atoms with E-state index < -0.39 is 23.2 Å². The molecule has 2 nitrogen and oxygen atoms in total. The molecule has 208 valence electrons. The molecule has 0 amide bonds. The average Bonchev–Trinajstić information content (AvgIpc) is 3.55. The quantitative estimate of drug-likeness (QED) is 0.288. The molecule has 0 bridgehead atoms. The molecule has 2 atom stereocenters. The van der Waals surface area contributed by atoms with Crippen molar-refractivity contribution in [2.75, 3.05) is 14.2 Å². The van der Waals surface area contributed by atoms with E-state index in [0.29, 0.717) is 7.25 Å². The Morgan fingerprint density at radius 1 is 0.561 bits per heavy atom. The summed E-state index contributed by atoms with van der Waals surface area (Å²) in [5.74, 6) is 1.80. The van der Waals surface area contributed by atoms with Crippen LogP contribution in [-0.2, 0) is 23.2 Å². The molecule has 6 rings (SSSR count). The van der Waals surface area contributed by atoms with E-state index >= 15 is 0 Å². The van der Waals surface area contributed by atoms with Gasteiger partial charge in [0.25, 0.3) is 0 Å². The molecule has 0 fully saturated rings. The molecule has 4 aromatic rings. The molecule has 0 aliphatic heterocycles. The molecule has 0 saturated carbocycles. The standard InChI is InChI=1S/2C18H17O.2ClH.Zr/c2*1-3-13-11-15-5-4-6-17(18(15)12-13)14-7-9-16(19-2)10-8-14;;;/h2*4-12H,3H2,1-2H3;2*1H;/q;;;;+2/p-2. The van der Waals surface area contributed by atoms with E-state index in [-0.39, 0.29) is 24.8 Å². The largest absolute Gasteiger partial charge is 1.00 e. The molecule has 0 aromatic heterocycles. The smallest absolute Gasteiger partial charge is 1.00 e. The maximum Gasteiger partial charge on any atom is -1.00 e. The van der Waals surface area contributed by atoms with Crippen LogP contribution in [0.3, 0.4) is 0 Å². The van der Waals surface area contributed by atoms with Crippen LogP contribution in [0.4, 0.5) is 0 Å². The van der Waals surface area contributed by atoms with Gasteiger partial charge in [0.2, 0.25) is 0 Å². The van der Waals surface area contributed by atoms with E-state index in [1.807, 2.05) is 0 Å². The molecule has 0 N–H and O–H groups in total. The number of rotatable bonds is 8. The van der Waals surface area contributed by atoms with Gasteiger partial charge in [0, 0.05) is 0 Å². The molecule has 5 heteroatoms. The average molecular weight is 661 g/mol. The summed E-state index contributed by atoms with van der Waals surface area (Å²) in [5.41, 5.74) is 14.4. The van der Waals surface area contributed by atoms with Gasteiger partial charge >= 0.3 is 245 Å². The number of hydrogen-bond donors (Lipinski definition) is 0. The Morgan fingerprint density at radius 2 is 0.951 bits per heavy atom. The first-order valence-electron chi connectivity index (χ1n) is 13.9. The van der Waals surface area contributed by atoms with Crippen LogP contribution in [0.25, 0.3) is 34.4 Å². The summed E-state index contributed by atoms with van der Waals surface area (Å²) in [4.78, 5) is 0. The second kappa shape index (κ2) is 13.6. The van der Waals surface area contributed by atoms with Crippen LogP contribution in [0.15, 0.2) is 96.1 Å². The number of fused-ring (bicyclic) bond motifs is 2. The van der Waals surface area contributed by atoms with Crippen molar-refractivity contribution >= 4 is 12.2 Å². The number of allylic oxidation sites excluding steroid dienone is 2. The Balaban J connectivity index is 0.00000194. The molecular weight excluding hydrogens is 627 g/mol. The van der Waals surface area contributed by atoms with Crippen LogP contribution in [-0.4, -0.2) is 14.2 Å². The van der Waals surface area contributed by atoms with Crippen LogP contribution in [0, 0.1) is 0 Å². The minimum atomic E-state index is -0.932. The minimum Gasteiger partial charge on any atom is -1.00 e. The SMILES string of the molecule is CCC1=Cc2c(-c3ccc(OC)cc3)cccc2[CH]1[Zr+2][CH]1C(CC)=Cc2c(-c3ccc(OC)cc3)cccc21.[Cl-].[Cl-]. The monoisotopic (exact) mass is 658 g/mol. The number of ether oxygens (including phenoxy) is 2. The summed E-state index contributed by atoms with van der Waals surface area (Å²) in [6.07, 6.45) is 7.25. The van der Waals surface area contributed by atoms with Crippen molar-refractivity contribution in [3.05, 3.63) is 118 Å². The maximum absolute atomic E-state index is 5.40.